The summed E-state index contributed by atoms with van der Waals surface area (Å²) in [6.07, 6.45) is 4.00. The molecule has 5 heteroatoms. The number of fused-ring (bicyclic) bond motifs is 2. The molecule has 2 saturated heterocycles. The molecule has 0 saturated carbocycles. The highest BCUT2D eigenvalue weighted by Crippen LogP contribution is 2.11. The first-order valence-corrected chi connectivity index (χ1v) is 7.54. The fraction of sp³-hybridized carbons (Fsp3) is 1.00. The molecule has 0 aromatic heterocycles. The van der Waals surface area contributed by atoms with Gasteiger partial charge in [-0.25, -0.2) is 0 Å². The van der Waals surface area contributed by atoms with Crippen molar-refractivity contribution in [1.29, 1.82) is 0 Å². The smallest absolute Gasteiger partial charge is 0.0195 e. The normalized spacial score (nSPS) is 33.3. The van der Waals surface area contributed by atoms with Gasteiger partial charge < -0.3 is 26.6 Å². The number of hydrogen-bond acceptors (Lipinski definition) is 5. The molecule has 2 aliphatic rings. The van der Waals surface area contributed by atoms with Crippen LogP contribution >= 0.6 is 0 Å². The van der Waals surface area contributed by atoms with Gasteiger partial charge in [-0.3, -0.25) is 0 Å². The van der Waals surface area contributed by atoms with E-state index in [9.17, 15) is 0 Å². The van der Waals surface area contributed by atoms with Gasteiger partial charge in [-0.2, -0.15) is 0 Å². The second-order valence-electron chi connectivity index (χ2n) is 5.40. The Bertz CT molecular complexity index is 192. The van der Waals surface area contributed by atoms with Crippen LogP contribution in [0, 0.1) is 0 Å². The van der Waals surface area contributed by atoms with Crippen molar-refractivity contribution in [3.63, 3.8) is 0 Å². The molecule has 0 aromatic rings. The minimum Gasteiger partial charge on any atom is -0.314 e. The minimum atomic E-state index is 0.661. The van der Waals surface area contributed by atoms with Crippen molar-refractivity contribution in [1.82, 2.24) is 26.6 Å². The molecule has 0 radical (unpaired) electrons. The van der Waals surface area contributed by atoms with Gasteiger partial charge in [0.15, 0.2) is 0 Å². The molecule has 0 amide bonds. The van der Waals surface area contributed by atoms with Gasteiger partial charge in [0.25, 0.3) is 0 Å². The lowest BCUT2D eigenvalue weighted by Gasteiger charge is -2.31. The molecule has 106 valence electrons. The first-order valence-electron chi connectivity index (χ1n) is 7.54. The van der Waals surface area contributed by atoms with Crippen LogP contribution in [0.2, 0.25) is 0 Å². The topological polar surface area (TPSA) is 60.1 Å². The maximum absolute atomic E-state index is 3.76. The average molecular weight is 255 g/mol. The van der Waals surface area contributed by atoms with Crippen molar-refractivity contribution in [2.75, 3.05) is 52.4 Å². The predicted molar refractivity (Wildman–Crippen MR) is 76.0 cm³/mol. The summed E-state index contributed by atoms with van der Waals surface area (Å²) in [6, 6.07) is 1.32. The number of hydrogen-bond donors (Lipinski definition) is 5. The molecule has 0 aliphatic carbocycles. The van der Waals surface area contributed by atoms with Gasteiger partial charge in [-0.1, -0.05) is 6.42 Å². The molecule has 2 atom stereocenters. The molecular formula is C13H29N5. The second-order valence-corrected chi connectivity index (χ2v) is 5.40. The molecule has 18 heavy (non-hydrogen) atoms. The third-order valence-electron chi connectivity index (χ3n) is 3.79. The van der Waals surface area contributed by atoms with Gasteiger partial charge in [0.1, 0.15) is 0 Å². The standard InChI is InChI=1S/C13H29N5/c1-2-12-10-16-8-6-14-4-5-15-7-9-17-11-13(3-1)18-12/h12-18H,1-11H2/t12-,13+. The van der Waals surface area contributed by atoms with Crippen LogP contribution in [0.5, 0.6) is 0 Å². The van der Waals surface area contributed by atoms with E-state index in [1.807, 2.05) is 0 Å². The molecule has 0 spiro atoms. The second kappa shape index (κ2) is 8.82. The molecule has 0 aromatic carbocycles. The third kappa shape index (κ3) is 5.63. The monoisotopic (exact) mass is 255 g/mol. The summed E-state index contributed by atoms with van der Waals surface area (Å²) < 4.78 is 0. The highest BCUT2D eigenvalue weighted by molar-refractivity contribution is 4.83. The van der Waals surface area contributed by atoms with E-state index in [0.717, 1.165) is 52.4 Å². The molecule has 2 fully saturated rings. The zero-order chi connectivity index (χ0) is 12.5. The van der Waals surface area contributed by atoms with E-state index in [2.05, 4.69) is 26.6 Å². The van der Waals surface area contributed by atoms with Crippen molar-refractivity contribution in [3.8, 4) is 0 Å². The van der Waals surface area contributed by atoms with E-state index in [0.29, 0.717) is 12.1 Å². The summed E-state index contributed by atoms with van der Waals surface area (Å²) in [4.78, 5) is 0. The largest absolute Gasteiger partial charge is 0.314 e. The molecule has 2 aliphatic heterocycles. The van der Waals surface area contributed by atoms with Gasteiger partial charge in [0.2, 0.25) is 0 Å². The van der Waals surface area contributed by atoms with E-state index >= 15 is 0 Å². The summed E-state index contributed by atoms with van der Waals surface area (Å²) >= 11 is 0. The van der Waals surface area contributed by atoms with E-state index < -0.39 is 0 Å². The van der Waals surface area contributed by atoms with Crippen LogP contribution in [-0.2, 0) is 0 Å². The summed E-state index contributed by atoms with van der Waals surface area (Å²) in [6.45, 7) is 8.61. The molecule has 2 bridgehead atoms. The fourth-order valence-corrected chi connectivity index (χ4v) is 2.77. The van der Waals surface area contributed by atoms with E-state index in [1.165, 1.54) is 19.3 Å². The van der Waals surface area contributed by atoms with Crippen LogP contribution in [0.3, 0.4) is 0 Å². The van der Waals surface area contributed by atoms with Gasteiger partial charge in [-0.15, -0.1) is 0 Å². The average Bonchev–Trinajstić information content (AvgIpc) is 2.40. The van der Waals surface area contributed by atoms with E-state index in [4.69, 9.17) is 0 Å². The summed E-state index contributed by atoms with van der Waals surface area (Å²) in [5.74, 6) is 0. The highest BCUT2D eigenvalue weighted by Gasteiger charge is 2.19. The lowest BCUT2D eigenvalue weighted by atomic mass is 9.98. The van der Waals surface area contributed by atoms with Crippen molar-refractivity contribution in [2.24, 2.45) is 0 Å². The Morgan fingerprint density at radius 3 is 1.50 bits per heavy atom. The zero-order valence-corrected chi connectivity index (χ0v) is 11.4. The first-order chi connectivity index (χ1) is 8.95. The molecule has 0 unspecified atom stereocenters. The van der Waals surface area contributed by atoms with Crippen molar-refractivity contribution in [2.45, 2.75) is 31.3 Å². The van der Waals surface area contributed by atoms with E-state index in [1.54, 1.807) is 0 Å². The van der Waals surface area contributed by atoms with E-state index in [-0.39, 0.29) is 0 Å². The Hall–Kier alpha value is -0.200. The van der Waals surface area contributed by atoms with Crippen LogP contribution in [0.4, 0.5) is 0 Å². The Morgan fingerprint density at radius 2 is 1.00 bits per heavy atom. The van der Waals surface area contributed by atoms with Crippen LogP contribution in [-0.4, -0.2) is 64.4 Å². The first kappa shape index (κ1) is 14.2. The van der Waals surface area contributed by atoms with Crippen LogP contribution in [0.25, 0.3) is 0 Å². The van der Waals surface area contributed by atoms with Crippen molar-refractivity contribution in [3.05, 3.63) is 0 Å². The van der Waals surface area contributed by atoms with Gasteiger partial charge >= 0.3 is 0 Å². The van der Waals surface area contributed by atoms with Gasteiger partial charge in [-0.05, 0) is 12.8 Å². The number of nitrogens with one attached hydrogen (secondary N) is 5. The molecule has 2 rings (SSSR count). The van der Waals surface area contributed by atoms with Crippen molar-refractivity contribution < 1.29 is 0 Å². The predicted octanol–water partition coefficient (Wildman–Crippen LogP) is -1.13. The highest BCUT2D eigenvalue weighted by atomic mass is 15.1. The Kier molecular flexibility index (Phi) is 6.97. The van der Waals surface area contributed by atoms with Crippen LogP contribution in [0.15, 0.2) is 0 Å². The van der Waals surface area contributed by atoms with Gasteiger partial charge in [0.05, 0.1) is 0 Å². The third-order valence-corrected chi connectivity index (χ3v) is 3.79. The molecule has 5 nitrogen and oxygen atoms in total. The zero-order valence-electron chi connectivity index (χ0n) is 11.4. The maximum Gasteiger partial charge on any atom is 0.0195 e. The van der Waals surface area contributed by atoms with Crippen molar-refractivity contribution >= 4 is 0 Å². The Balaban J connectivity index is 1.72. The summed E-state index contributed by atoms with van der Waals surface area (Å²) in [7, 11) is 0. The molecular weight excluding hydrogens is 226 g/mol. The quantitative estimate of drug-likeness (QED) is 0.379. The minimum absolute atomic E-state index is 0.661. The lowest BCUT2D eigenvalue weighted by Crippen LogP contribution is -2.51. The number of piperidine rings is 1. The fourth-order valence-electron chi connectivity index (χ4n) is 2.77. The maximum atomic E-state index is 3.76. The van der Waals surface area contributed by atoms with Gasteiger partial charge in [0, 0.05) is 64.4 Å². The SMILES string of the molecule is C1C[C@@H]2CNCCNCCNCCNC[C@H](C1)N2. The van der Waals surface area contributed by atoms with Crippen LogP contribution in [0.1, 0.15) is 19.3 Å². The summed E-state index contributed by atoms with van der Waals surface area (Å²) in [5.41, 5.74) is 0. The number of rotatable bonds is 0. The molecule has 2 heterocycles. The lowest BCUT2D eigenvalue weighted by molar-refractivity contribution is 0.303. The van der Waals surface area contributed by atoms with Crippen LogP contribution < -0.4 is 26.6 Å². The summed E-state index contributed by atoms with van der Waals surface area (Å²) in [5, 5.41) is 17.7. The Labute approximate surface area is 111 Å². The Morgan fingerprint density at radius 1 is 0.556 bits per heavy atom. The molecule has 5 N–H and O–H groups in total.